The van der Waals surface area contributed by atoms with Gasteiger partial charge < -0.3 is 5.32 Å². The van der Waals surface area contributed by atoms with Gasteiger partial charge in [0.1, 0.15) is 0 Å². The molecule has 0 amide bonds. The van der Waals surface area contributed by atoms with Crippen LogP contribution in [0.15, 0.2) is 30.3 Å². The molecule has 4 unspecified atom stereocenters. The van der Waals surface area contributed by atoms with Crippen molar-refractivity contribution >= 4 is 0 Å². The average Bonchev–Trinajstić information content (AvgIpc) is 3.25. The fourth-order valence-electron chi connectivity index (χ4n) is 3.59. The molecule has 1 nitrogen and oxygen atoms in total. The first kappa shape index (κ1) is 13.2. The molecule has 0 aliphatic heterocycles. The van der Waals surface area contributed by atoms with Crippen molar-refractivity contribution in [2.45, 2.75) is 58.0 Å². The molecule has 0 spiro atoms. The molecular weight excluding hydrogens is 230 g/mol. The van der Waals surface area contributed by atoms with E-state index in [2.05, 4.69) is 49.5 Å². The van der Waals surface area contributed by atoms with Crippen LogP contribution in [-0.4, -0.2) is 6.04 Å². The Bertz CT molecular complexity index is 395. The van der Waals surface area contributed by atoms with Gasteiger partial charge in [-0.3, -0.25) is 0 Å². The molecule has 4 atom stereocenters. The van der Waals surface area contributed by atoms with E-state index in [-0.39, 0.29) is 0 Å². The monoisotopic (exact) mass is 257 g/mol. The zero-order chi connectivity index (χ0) is 13.2. The van der Waals surface area contributed by atoms with E-state index in [9.17, 15) is 0 Å². The Labute approximate surface area is 117 Å². The normalized spacial score (nSPS) is 33.1. The van der Waals surface area contributed by atoms with Crippen molar-refractivity contribution in [2.75, 3.05) is 0 Å². The van der Waals surface area contributed by atoms with Crippen molar-refractivity contribution in [3.05, 3.63) is 35.9 Å². The van der Waals surface area contributed by atoms with Gasteiger partial charge >= 0.3 is 0 Å². The number of benzene rings is 1. The van der Waals surface area contributed by atoms with Crippen molar-refractivity contribution in [1.29, 1.82) is 0 Å². The summed E-state index contributed by atoms with van der Waals surface area (Å²) >= 11 is 0. The second kappa shape index (κ2) is 5.66. The third-order valence-electron chi connectivity index (χ3n) is 5.10. The Morgan fingerprint density at radius 3 is 2.42 bits per heavy atom. The summed E-state index contributed by atoms with van der Waals surface area (Å²) in [5.41, 5.74) is 1.50. The summed E-state index contributed by atoms with van der Waals surface area (Å²) in [5.74, 6) is 2.61. The topological polar surface area (TPSA) is 12.0 Å². The molecule has 19 heavy (non-hydrogen) atoms. The molecule has 1 N–H and O–H groups in total. The van der Waals surface area contributed by atoms with E-state index in [4.69, 9.17) is 0 Å². The smallest absolute Gasteiger partial charge is 0.0351 e. The molecule has 2 saturated carbocycles. The Balaban J connectivity index is 1.71. The molecule has 1 aromatic carbocycles. The van der Waals surface area contributed by atoms with Crippen LogP contribution in [0.2, 0.25) is 0 Å². The highest BCUT2D eigenvalue weighted by atomic mass is 15.0. The Kier molecular flexibility index (Phi) is 3.93. The van der Waals surface area contributed by atoms with Crippen LogP contribution in [0, 0.1) is 17.8 Å². The lowest BCUT2D eigenvalue weighted by Crippen LogP contribution is -2.42. The van der Waals surface area contributed by atoms with Crippen LogP contribution in [0.25, 0.3) is 0 Å². The fraction of sp³-hybridized carbons (Fsp3) is 0.667. The maximum absolute atomic E-state index is 4.01. The van der Waals surface area contributed by atoms with E-state index in [1.54, 1.807) is 0 Å². The molecule has 2 fully saturated rings. The largest absolute Gasteiger partial charge is 0.307 e. The lowest BCUT2D eigenvalue weighted by Gasteiger charge is -2.36. The van der Waals surface area contributed by atoms with Crippen LogP contribution in [-0.2, 0) is 0 Å². The second-order valence-electron chi connectivity index (χ2n) is 6.89. The van der Waals surface area contributed by atoms with Crippen LogP contribution >= 0.6 is 0 Å². The van der Waals surface area contributed by atoms with Crippen LogP contribution < -0.4 is 5.32 Å². The SMILES string of the molecule is CC1CCC(C)C(NC(c2ccccc2)C2CC2)C1. The van der Waals surface area contributed by atoms with E-state index >= 15 is 0 Å². The minimum absolute atomic E-state index is 0.596. The predicted octanol–water partition coefficient (Wildman–Crippen LogP) is 4.55. The molecule has 104 valence electrons. The van der Waals surface area contributed by atoms with Gasteiger partial charge in [-0.25, -0.2) is 0 Å². The quantitative estimate of drug-likeness (QED) is 0.834. The van der Waals surface area contributed by atoms with Crippen molar-refractivity contribution in [2.24, 2.45) is 17.8 Å². The molecule has 3 rings (SSSR count). The Morgan fingerprint density at radius 1 is 1.00 bits per heavy atom. The molecule has 0 heterocycles. The standard InChI is InChI=1S/C18H27N/c1-13-8-9-14(2)17(12-13)19-18(16-10-11-16)15-6-4-3-5-7-15/h3-7,13-14,16-19H,8-12H2,1-2H3. The van der Waals surface area contributed by atoms with Crippen LogP contribution in [0.1, 0.15) is 57.6 Å². The summed E-state index contributed by atoms with van der Waals surface area (Å²) in [7, 11) is 0. The Hall–Kier alpha value is -0.820. The lowest BCUT2D eigenvalue weighted by atomic mass is 9.79. The van der Waals surface area contributed by atoms with Crippen molar-refractivity contribution in [1.82, 2.24) is 5.32 Å². The summed E-state index contributed by atoms with van der Waals surface area (Å²) in [6.07, 6.45) is 6.98. The van der Waals surface area contributed by atoms with Gasteiger partial charge in [0.2, 0.25) is 0 Å². The summed E-state index contributed by atoms with van der Waals surface area (Å²) in [5, 5.41) is 4.01. The minimum Gasteiger partial charge on any atom is -0.307 e. The predicted molar refractivity (Wildman–Crippen MR) is 81.0 cm³/mol. The summed E-state index contributed by atoms with van der Waals surface area (Å²) in [6.45, 7) is 4.84. The van der Waals surface area contributed by atoms with Crippen molar-refractivity contribution in [3.8, 4) is 0 Å². The first-order valence-corrected chi connectivity index (χ1v) is 8.05. The van der Waals surface area contributed by atoms with E-state index in [1.165, 1.54) is 37.7 Å². The number of hydrogen-bond donors (Lipinski definition) is 1. The third kappa shape index (κ3) is 3.20. The molecule has 0 bridgehead atoms. The fourth-order valence-corrected chi connectivity index (χ4v) is 3.59. The van der Waals surface area contributed by atoms with E-state index in [1.807, 2.05) is 0 Å². The molecule has 0 radical (unpaired) electrons. The highest BCUT2D eigenvalue weighted by Gasteiger charge is 2.35. The average molecular weight is 257 g/mol. The zero-order valence-corrected chi connectivity index (χ0v) is 12.3. The summed E-state index contributed by atoms with van der Waals surface area (Å²) in [6, 6.07) is 12.4. The third-order valence-corrected chi connectivity index (χ3v) is 5.10. The van der Waals surface area contributed by atoms with Crippen LogP contribution in [0.5, 0.6) is 0 Å². The van der Waals surface area contributed by atoms with Crippen molar-refractivity contribution < 1.29 is 0 Å². The lowest BCUT2D eigenvalue weighted by molar-refractivity contribution is 0.207. The molecule has 1 heteroatoms. The molecule has 2 aliphatic carbocycles. The maximum atomic E-state index is 4.01. The highest BCUT2D eigenvalue weighted by Crippen LogP contribution is 2.42. The molecule has 2 aliphatic rings. The molecule has 0 aromatic heterocycles. The van der Waals surface area contributed by atoms with Gasteiger partial charge in [-0.1, -0.05) is 50.6 Å². The van der Waals surface area contributed by atoms with Gasteiger partial charge in [0.15, 0.2) is 0 Å². The zero-order valence-electron chi connectivity index (χ0n) is 12.3. The number of rotatable bonds is 4. The van der Waals surface area contributed by atoms with Gasteiger partial charge in [-0.05, 0) is 49.0 Å². The van der Waals surface area contributed by atoms with E-state index in [0.29, 0.717) is 6.04 Å². The number of hydrogen-bond acceptors (Lipinski definition) is 1. The van der Waals surface area contributed by atoms with Gasteiger partial charge in [0, 0.05) is 12.1 Å². The van der Waals surface area contributed by atoms with Gasteiger partial charge in [0.05, 0.1) is 0 Å². The Morgan fingerprint density at radius 2 is 1.74 bits per heavy atom. The highest BCUT2D eigenvalue weighted by molar-refractivity contribution is 5.21. The number of nitrogens with one attached hydrogen (secondary N) is 1. The van der Waals surface area contributed by atoms with Gasteiger partial charge in [-0.2, -0.15) is 0 Å². The summed E-state index contributed by atoms with van der Waals surface area (Å²) in [4.78, 5) is 0. The second-order valence-corrected chi connectivity index (χ2v) is 6.89. The summed E-state index contributed by atoms with van der Waals surface area (Å²) < 4.78 is 0. The van der Waals surface area contributed by atoms with E-state index < -0.39 is 0 Å². The maximum Gasteiger partial charge on any atom is 0.0351 e. The van der Waals surface area contributed by atoms with Crippen LogP contribution in [0.3, 0.4) is 0 Å². The van der Waals surface area contributed by atoms with Crippen molar-refractivity contribution in [3.63, 3.8) is 0 Å². The van der Waals surface area contributed by atoms with Gasteiger partial charge in [0.25, 0.3) is 0 Å². The van der Waals surface area contributed by atoms with E-state index in [0.717, 1.165) is 23.8 Å². The first-order valence-electron chi connectivity index (χ1n) is 8.05. The minimum atomic E-state index is 0.596. The first-order chi connectivity index (χ1) is 9.24. The molecule has 0 saturated heterocycles. The van der Waals surface area contributed by atoms with Crippen LogP contribution in [0.4, 0.5) is 0 Å². The molecule has 1 aromatic rings. The van der Waals surface area contributed by atoms with Gasteiger partial charge in [-0.15, -0.1) is 0 Å². The molecular formula is C18H27N.